The minimum atomic E-state index is -4.78. The predicted molar refractivity (Wildman–Crippen MR) is 104 cm³/mol. The molecule has 0 bridgehead atoms. The van der Waals surface area contributed by atoms with Gasteiger partial charge >= 0.3 is 12.2 Å². The molecule has 1 aromatic carbocycles. The summed E-state index contributed by atoms with van der Waals surface area (Å²) in [5, 5.41) is 3.07. The molecule has 0 unspecified atom stereocenters. The van der Waals surface area contributed by atoms with Gasteiger partial charge in [0.05, 0.1) is 18.1 Å². The summed E-state index contributed by atoms with van der Waals surface area (Å²) in [5.41, 5.74) is -1.37. The molecular formula is C19H17ClF5N5O2. The van der Waals surface area contributed by atoms with Crippen molar-refractivity contribution in [3.05, 3.63) is 53.6 Å². The number of carbonyl (C=O) groups excluding carboxylic acids is 2. The highest BCUT2D eigenvalue weighted by molar-refractivity contribution is 6.23. The van der Waals surface area contributed by atoms with Crippen molar-refractivity contribution in [3.63, 3.8) is 0 Å². The highest BCUT2D eigenvalue weighted by Gasteiger charge is 2.58. The Labute approximate surface area is 185 Å². The molecule has 0 atom stereocenters. The van der Waals surface area contributed by atoms with Gasteiger partial charge in [-0.25, -0.2) is 28.4 Å². The number of amides is 3. The van der Waals surface area contributed by atoms with E-state index in [1.165, 1.54) is 4.90 Å². The predicted octanol–water partition coefficient (Wildman–Crippen LogP) is 3.29. The Morgan fingerprint density at radius 1 is 1.00 bits per heavy atom. The molecule has 32 heavy (non-hydrogen) atoms. The van der Waals surface area contributed by atoms with E-state index in [1.54, 1.807) is 0 Å². The number of imide groups is 1. The highest BCUT2D eigenvalue weighted by atomic mass is 35.5. The lowest BCUT2D eigenvalue weighted by molar-refractivity contribution is -0.144. The summed E-state index contributed by atoms with van der Waals surface area (Å²) in [5.74, 6) is -3.71. The van der Waals surface area contributed by atoms with Crippen LogP contribution in [0, 0.1) is 11.6 Å². The minimum Gasteiger partial charge on any atom is -0.317 e. The normalized spacial score (nSPS) is 18.3. The first-order valence-electron chi connectivity index (χ1n) is 9.33. The molecule has 7 nitrogen and oxygen atoms in total. The number of hydrogen-bond acceptors (Lipinski definition) is 5. The third kappa shape index (κ3) is 4.11. The fraction of sp³-hybridized carbons (Fsp3) is 0.368. The van der Waals surface area contributed by atoms with E-state index in [9.17, 15) is 31.5 Å². The molecule has 2 fully saturated rings. The Balaban J connectivity index is 0.00000289. The van der Waals surface area contributed by atoms with E-state index in [4.69, 9.17) is 0 Å². The third-order valence-corrected chi connectivity index (χ3v) is 5.38. The van der Waals surface area contributed by atoms with Crippen LogP contribution in [0.15, 0.2) is 30.6 Å². The molecule has 1 N–H and O–H groups in total. The number of aromatic nitrogens is 2. The Morgan fingerprint density at radius 3 is 2.09 bits per heavy atom. The number of piperidine rings is 1. The van der Waals surface area contributed by atoms with Gasteiger partial charge in [-0.05, 0) is 43.6 Å². The second-order valence-electron chi connectivity index (χ2n) is 7.33. The van der Waals surface area contributed by atoms with Crippen LogP contribution in [0.2, 0.25) is 0 Å². The van der Waals surface area contributed by atoms with E-state index in [-0.39, 0.29) is 43.0 Å². The molecule has 172 valence electrons. The SMILES string of the molecule is Cl.O=C1N(c2cnc(C(F)(F)F)nc2)C(=O)C2(CCNCC2)N1Cc1cc(F)cc(F)c1. The fourth-order valence-corrected chi connectivity index (χ4v) is 3.95. The number of benzene rings is 1. The van der Waals surface area contributed by atoms with Crippen LogP contribution in [0.1, 0.15) is 24.2 Å². The summed E-state index contributed by atoms with van der Waals surface area (Å²) in [7, 11) is 0. The zero-order valence-corrected chi connectivity index (χ0v) is 17.1. The van der Waals surface area contributed by atoms with Crippen molar-refractivity contribution in [2.75, 3.05) is 18.0 Å². The largest absolute Gasteiger partial charge is 0.451 e. The summed E-state index contributed by atoms with van der Waals surface area (Å²) in [6.07, 6.45) is -2.81. The van der Waals surface area contributed by atoms with Crippen LogP contribution < -0.4 is 10.2 Å². The first kappa shape index (κ1) is 23.8. The van der Waals surface area contributed by atoms with E-state index >= 15 is 0 Å². The molecule has 1 aromatic heterocycles. The van der Waals surface area contributed by atoms with Gasteiger partial charge in [0.1, 0.15) is 17.2 Å². The summed E-state index contributed by atoms with van der Waals surface area (Å²) in [6.45, 7) is 0.562. The number of urea groups is 1. The summed E-state index contributed by atoms with van der Waals surface area (Å²) in [6, 6.07) is 1.98. The zero-order chi connectivity index (χ0) is 22.4. The first-order chi connectivity index (χ1) is 14.6. The number of rotatable bonds is 3. The number of halogens is 6. The summed E-state index contributed by atoms with van der Waals surface area (Å²) in [4.78, 5) is 34.9. The smallest absolute Gasteiger partial charge is 0.317 e. The average Bonchev–Trinajstić information content (AvgIpc) is 2.89. The zero-order valence-electron chi connectivity index (χ0n) is 16.3. The maximum absolute atomic E-state index is 13.6. The van der Waals surface area contributed by atoms with Crippen molar-refractivity contribution in [3.8, 4) is 0 Å². The molecular weight excluding hydrogens is 461 g/mol. The number of alkyl halides is 3. The van der Waals surface area contributed by atoms with Gasteiger partial charge in [-0.1, -0.05) is 0 Å². The topological polar surface area (TPSA) is 78.4 Å². The molecule has 0 radical (unpaired) electrons. The van der Waals surface area contributed by atoms with Crippen LogP contribution in [0.5, 0.6) is 0 Å². The van der Waals surface area contributed by atoms with Gasteiger partial charge in [-0.15, -0.1) is 12.4 Å². The van der Waals surface area contributed by atoms with Gasteiger partial charge in [-0.3, -0.25) is 4.79 Å². The minimum absolute atomic E-state index is 0. The maximum atomic E-state index is 13.6. The number of nitrogens with zero attached hydrogens (tertiary/aromatic N) is 4. The van der Waals surface area contributed by atoms with E-state index < -0.39 is 41.1 Å². The van der Waals surface area contributed by atoms with Crippen LogP contribution in [0.3, 0.4) is 0 Å². The molecule has 2 aliphatic heterocycles. The molecule has 3 heterocycles. The molecule has 2 aromatic rings. The van der Waals surface area contributed by atoms with Gasteiger partial charge < -0.3 is 10.2 Å². The Hall–Kier alpha value is -2.86. The lowest BCUT2D eigenvalue weighted by Crippen LogP contribution is -2.55. The van der Waals surface area contributed by atoms with Crippen molar-refractivity contribution in [2.45, 2.75) is 31.1 Å². The van der Waals surface area contributed by atoms with Gasteiger partial charge in [0.25, 0.3) is 5.91 Å². The van der Waals surface area contributed by atoms with E-state index in [0.717, 1.165) is 29.4 Å². The number of hydrogen-bond donors (Lipinski definition) is 1. The standard InChI is InChI=1S/C19H16F5N5O2.ClH/c20-12-5-11(6-13(21)7-12)10-28-17(31)29(16(30)18(28)1-3-25-4-2-18)14-8-26-15(27-9-14)19(22,23)24;/h5-9,25H,1-4,10H2;1H. The highest BCUT2D eigenvalue weighted by Crippen LogP contribution is 2.39. The van der Waals surface area contributed by atoms with Gasteiger partial charge in [0, 0.05) is 12.6 Å². The monoisotopic (exact) mass is 477 g/mol. The quantitative estimate of drug-likeness (QED) is 0.542. The summed E-state index contributed by atoms with van der Waals surface area (Å²) < 4.78 is 65.6. The molecule has 0 saturated carbocycles. The van der Waals surface area contributed by atoms with Crippen LogP contribution in [0.25, 0.3) is 0 Å². The van der Waals surface area contributed by atoms with Crippen molar-refractivity contribution < 1.29 is 31.5 Å². The third-order valence-electron chi connectivity index (χ3n) is 5.38. The maximum Gasteiger partial charge on any atom is 0.451 e. The van der Waals surface area contributed by atoms with Crippen LogP contribution >= 0.6 is 12.4 Å². The molecule has 13 heteroatoms. The lowest BCUT2D eigenvalue weighted by atomic mass is 9.86. The van der Waals surface area contributed by atoms with Gasteiger partial charge in [0.2, 0.25) is 5.82 Å². The van der Waals surface area contributed by atoms with Crippen LogP contribution in [-0.4, -0.2) is 45.4 Å². The second-order valence-corrected chi connectivity index (χ2v) is 7.33. The van der Waals surface area contributed by atoms with Crippen molar-refractivity contribution in [1.82, 2.24) is 20.2 Å². The van der Waals surface area contributed by atoms with E-state index in [1.807, 2.05) is 0 Å². The molecule has 2 saturated heterocycles. The van der Waals surface area contributed by atoms with E-state index in [2.05, 4.69) is 15.3 Å². The Bertz CT molecular complexity index is 1010. The van der Waals surface area contributed by atoms with Crippen molar-refractivity contribution in [1.29, 1.82) is 0 Å². The van der Waals surface area contributed by atoms with E-state index in [0.29, 0.717) is 19.2 Å². The first-order valence-corrected chi connectivity index (χ1v) is 9.33. The number of nitrogens with one attached hydrogen (secondary N) is 1. The number of carbonyl (C=O) groups is 2. The van der Waals surface area contributed by atoms with Crippen molar-refractivity contribution in [2.24, 2.45) is 0 Å². The number of anilines is 1. The molecule has 3 amide bonds. The average molecular weight is 478 g/mol. The Morgan fingerprint density at radius 2 is 1.56 bits per heavy atom. The van der Waals surface area contributed by atoms with Gasteiger partial charge in [0.15, 0.2) is 0 Å². The summed E-state index contributed by atoms with van der Waals surface area (Å²) >= 11 is 0. The van der Waals surface area contributed by atoms with Crippen LogP contribution in [0.4, 0.5) is 32.4 Å². The fourth-order valence-electron chi connectivity index (χ4n) is 3.95. The van der Waals surface area contributed by atoms with Crippen LogP contribution in [-0.2, 0) is 17.5 Å². The molecule has 2 aliphatic rings. The molecule has 0 aliphatic carbocycles. The van der Waals surface area contributed by atoms with Gasteiger partial charge in [-0.2, -0.15) is 13.2 Å². The lowest BCUT2D eigenvalue weighted by Gasteiger charge is -2.38. The Kier molecular flexibility index (Phi) is 6.38. The molecule has 1 spiro atoms. The second kappa shape index (κ2) is 8.58. The van der Waals surface area contributed by atoms with Crippen molar-refractivity contribution >= 4 is 30.0 Å². The molecule has 4 rings (SSSR count).